The van der Waals surface area contributed by atoms with Gasteiger partial charge in [-0.25, -0.2) is 0 Å². The largest absolute Gasteiger partial charge is 0.333 e. The number of thiocarbonyl (C=S) groups is 1. The molecule has 3 nitrogen and oxygen atoms in total. The fourth-order valence-corrected chi connectivity index (χ4v) is 2.96. The van der Waals surface area contributed by atoms with E-state index in [1.807, 2.05) is 18.2 Å². The molecule has 1 aliphatic rings. The van der Waals surface area contributed by atoms with Gasteiger partial charge in [-0.15, -0.1) is 0 Å². The summed E-state index contributed by atoms with van der Waals surface area (Å²) in [5, 5.41) is 1.65. The normalized spacial score (nSPS) is 17.5. The van der Waals surface area contributed by atoms with Crippen molar-refractivity contribution in [2.75, 3.05) is 25.3 Å². The second-order valence-electron chi connectivity index (χ2n) is 5.34. The summed E-state index contributed by atoms with van der Waals surface area (Å²) in [4.78, 5) is 6.65. The van der Waals surface area contributed by atoms with Gasteiger partial charge in [0.15, 0.2) is 5.11 Å². The Morgan fingerprint density at radius 2 is 1.95 bits per heavy atom. The second kappa shape index (κ2) is 5.65. The van der Waals surface area contributed by atoms with E-state index in [1.165, 1.54) is 0 Å². The van der Waals surface area contributed by atoms with Gasteiger partial charge in [-0.1, -0.05) is 11.6 Å². The first-order valence-electron chi connectivity index (χ1n) is 6.43. The van der Waals surface area contributed by atoms with Gasteiger partial charge in [-0.2, -0.15) is 0 Å². The highest BCUT2D eigenvalue weighted by Crippen LogP contribution is 2.27. The Morgan fingerprint density at radius 1 is 1.26 bits per heavy atom. The summed E-state index contributed by atoms with van der Waals surface area (Å²) in [6, 6.07) is 6.33. The molecule has 1 aliphatic heterocycles. The molecule has 1 aromatic carbocycles. The Bertz CT molecular complexity index is 490. The van der Waals surface area contributed by atoms with Crippen molar-refractivity contribution in [1.29, 1.82) is 0 Å². The molecule has 5 heteroatoms. The van der Waals surface area contributed by atoms with Crippen molar-refractivity contribution < 1.29 is 0 Å². The van der Waals surface area contributed by atoms with Crippen LogP contribution in [0.1, 0.15) is 19.4 Å². The van der Waals surface area contributed by atoms with E-state index in [2.05, 4.69) is 42.5 Å². The van der Waals surface area contributed by atoms with Crippen LogP contribution >= 0.6 is 23.8 Å². The highest BCUT2D eigenvalue weighted by Gasteiger charge is 2.28. The zero-order valence-electron chi connectivity index (χ0n) is 11.9. The number of hydrogen-bond acceptors (Lipinski definition) is 2. The number of nitrogens with zero attached hydrogens (tertiary/aromatic N) is 3. The van der Waals surface area contributed by atoms with Crippen molar-refractivity contribution in [3.63, 3.8) is 0 Å². The van der Waals surface area contributed by atoms with E-state index < -0.39 is 0 Å². The van der Waals surface area contributed by atoms with E-state index >= 15 is 0 Å². The summed E-state index contributed by atoms with van der Waals surface area (Å²) in [5.41, 5.74) is 2.28. The topological polar surface area (TPSA) is 9.72 Å². The molecule has 0 spiro atoms. The minimum Gasteiger partial charge on any atom is -0.333 e. The summed E-state index contributed by atoms with van der Waals surface area (Å²) < 4.78 is 0. The number of halogens is 1. The lowest BCUT2D eigenvalue weighted by atomic mass is 10.2. The smallest absolute Gasteiger partial charge is 0.178 e. The predicted molar refractivity (Wildman–Crippen MR) is 85.7 cm³/mol. The van der Waals surface area contributed by atoms with Gasteiger partial charge >= 0.3 is 0 Å². The lowest BCUT2D eigenvalue weighted by Gasteiger charge is -2.45. The van der Waals surface area contributed by atoms with E-state index in [0.717, 1.165) is 34.7 Å². The van der Waals surface area contributed by atoms with Crippen molar-refractivity contribution >= 4 is 34.6 Å². The zero-order valence-corrected chi connectivity index (χ0v) is 13.4. The highest BCUT2D eigenvalue weighted by atomic mass is 35.5. The molecule has 0 aliphatic carbocycles. The highest BCUT2D eigenvalue weighted by molar-refractivity contribution is 7.80. The van der Waals surface area contributed by atoms with Crippen LogP contribution < -0.4 is 4.90 Å². The average Bonchev–Trinajstić information content (AvgIpc) is 2.32. The number of anilines is 1. The maximum absolute atomic E-state index is 6.03. The first kappa shape index (κ1) is 14.6. The third-order valence-electron chi connectivity index (χ3n) is 3.33. The van der Waals surface area contributed by atoms with Crippen LogP contribution in [0.3, 0.4) is 0 Å². The zero-order chi connectivity index (χ0) is 14.2. The van der Waals surface area contributed by atoms with E-state index in [-0.39, 0.29) is 0 Å². The molecule has 0 atom stereocenters. The summed E-state index contributed by atoms with van der Waals surface area (Å²) >= 11 is 11.7. The quantitative estimate of drug-likeness (QED) is 0.775. The van der Waals surface area contributed by atoms with Crippen LogP contribution in [-0.2, 0) is 0 Å². The predicted octanol–water partition coefficient (Wildman–Crippen LogP) is 3.31. The molecule has 2 rings (SSSR count). The molecule has 1 fully saturated rings. The molecule has 1 saturated heterocycles. The molecule has 0 amide bonds. The van der Waals surface area contributed by atoms with Crippen LogP contribution in [0.4, 0.5) is 5.69 Å². The van der Waals surface area contributed by atoms with Gasteiger partial charge in [0.1, 0.15) is 0 Å². The van der Waals surface area contributed by atoms with Crippen LogP contribution in [0.5, 0.6) is 0 Å². The first-order chi connectivity index (χ1) is 8.90. The van der Waals surface area contributed by atoms with Crippen LogP contribution in [0, 0.1) is 6.92 Å². The van der Waals surface area contributed by atoms with Crippen molar-refractivity contribution in [3.8, 4) is 0 Å². The minimum atomic E-state index is 0.394. The molecule has 1 heterocycles. The molecule has 1 aromatic rings. The monoisotopic (exact) mass is 297 g/mol. The average molecular weight is 298 g/mol. The molecule has 104 valence electrons. The van der Waals surface area contributed by atoms with E-state index in [0.29, 0.717) is 6.04 Å². The molecular weight excluding hydrogens is 278 g/mol. The fourth-order valence-electron chi connectivity index (χ4n) is 2.31. The molecule has 0 unspecified atom stereocenters. The van der Waals surface area contributed by atoms with Gasteiger partial charge in [-0.3, -0.25) is 4.90 Å². The van der Waals surface area contributed by atoms with Crippen LogP contribution in [0.2, 0.25) is 5.02 Å². The van der Waals surface area contributed by atoms with E-state index in [9.17, 15) is 0 Å². The SMILES string of the molecule is Cc1cc(Cl)ccc1N1CN(C)CN(C(C)C)C1=S. The summed E-state index contributed by atoms with van der Waals surface area (Å²) in [6.45, 7) is 8.08. The van der Waals surface area contributed by atoms with E-state index in [1.54, 1.807) is 0 Å². The van der Waals surface area contributed by atoms with Gasteiger partial charge in [-0.05, 0) is 63.8 Å². The van der Waals surface area contributed by atoms with Gasteiger partial charge in [0.2, 0.25) is 0 Å². The number of rotatable bonds is 2. The third kappa shape index (κ3) is 3.02. The number of benzene rings is 1. The van der Waals surface area contributed by atoms with Gasteiger partial charge < -0.3 is 9.80 Å². The number of aryl methyl sites for hydroxylation is 1. The Labute approximate surface area is 125 Å². The lowest BCUT2D eigenvalue weighted by molar-refractivity contribution is 0.175. The van der Waals surface area contributed by atoms with Crippen molar-refractivity contribution in [1.82, 2.24) is 9.80 Å². The van der Waals surface area contributed by atoms with E-state index in [4.69, 9.17) is 23.8 Å². The van der Waals surface area contributed by atoms with Gasteiger partial charge in [0.25, 0.3) is 0 Å². The maximum atomic E-state index is 6.03. The molecule has 0 saturated carbocycles. The van der Waals surface area contributed by atoms with Crippen LogP contribution in [-0.4, -0.2) is 41.3 Å². The molecular formula is C14H20ClN3S. The molecule has 19 heavy (non-hydrogen) atoms. The summed E-state index contributed by atoms with van der Waals surface area (Å²) in [7, 11) is 2.11. The minimum absolute atomic E-state index is 0.394. The van der Waals surface area contributed by atoms with Gasteiger partial charge in [0, 0.05) is 16.8 Å². The van der Waals surface area contributed by atoms with Crippen molar-refractivity contribution in [2.45, 2.75) is 26.8 Å². The maximum Gasteiger partial charge on any atom is 0.178 e. The summed E-state index contributed by atoms with van der Waals surface area (Å²) in [5.74, 6) is 0. The molecule has 0 N–H and O–H groups in total. The van der Waals surface area contributed by atoms with Crippen LogP contribution in [0.25, 0.3) is 0 Å². The van der Waals surface area contributed by atoms with Crippen molar-refractivity contribution in [3.05, 3.63) is 28.8 Å². The third-order valence-corrected chi connectivity index (χ3v) is 4.02. The molecule has 0 bridgehead atoms. The Balaban J connectivity index is 2.34. The second-order valence-corrected chi connectivity index (χ2v) is 6.15. The Morgan fingerprint density at radius 3 is 2.53 bits per heavy atom. The lowest BCUT2D eigenvalue weighted by Crippen LogP contribution is -2.59. The summed E-state index contributed by atoms with van der Waals surface area (Å²) in [6.07, 6.45) is 0. The van der Waals surface area contributed by atoms with Crippen molar-refractivity contribution in [2.24, 2.45) is 0 Å². The molecule has 0 radical (unpaired) electrons. The standard InChI is InChI=1S/C14H20ClN3S/c1-10(2)17-8-16(4)9-18(14(17)19)13-6-5-12(15)7-11(13)3/h5-7,10H,8-9H2,1-4H3. The Kier molecular flexibility index (Phi) is 4.33. The molecule has 0 aromatic heterocycles. The Hall–Kier alpha value is -0.840. The first-order valence-corrected chi connectivity index (χ1v) is 7.21. The van der Waals surface area contributed by atoms with Gasteiger partial charge in [0.05, 0.1) is 13.3 Å². The number of hydrogen-bond donors (Lipinski definition) is 0. The fraction of sp³-hybridized carbons (Fsp3) is 0.500. The van der Waals surface area contributed by atoms with Crippen LogP contribution in [0.15, 0.2) is 18.2 Å².